The molecule has 0 spiro atoms. The van der Waals surface area contributed by atoms with Crippen molar-refractivity contribution in [2.45, 2.75) is 37.8 Å². The Morgan fingerprint density at radius 3 is 2.74 bits per heavy atom. The van der Waals surface area contributed by atoms with Gasteiger partial charge in [0.05, 0.1) is 30.7 Å². The number of ether oxygens (including phenoxy) is 1. The number of anilines is 1. The van der Waals surface area contributed by atoms with Crippen LogP contribution in [0.25, 0.3) is 5.69 Å². The van der Waals surface area contributed by atoms with E-state index < -0.39 is 6.10 Å². The zero-order chi connectivity index (χ0) is 26.6. The number of likely N-dealkylation sites (N-methyl/N-ethyl adjacent to an activating group) is 1. The number of carbonyl (C=O) groups excluding carboxylic acids is 1. The maximum absolute atomic E-state index is 14.1. The number of hydrazone groups is 1. The second-order valence-electron chi connectivity index (χ2n) is 9.57. The van der Waals surface area contributed by atoms with Crippen molar-refractivity contribution in [3.8, 4) is 11.4 Å². The smallest absolute Gasteiger partial charge is 0.236 e. The van der Waals surface area contributed by atoms with Crippen LogP contribution >= 0.6 is 0 Å². The molecule has 2 atom stereocenters. The van der Waals surface area contributed by atoms with E-state index in [1.165, 1.54) is 16.9 Å². The Hall–Kier alpha value is -4.06. The summed E-state index contributed by atoms with van der Waals surface area (Å²) in [4.78, 5) is 19.8. The molecule has 11 nitrogen and oxygen atoms in total. The first kappa shape index (κ1) is 25.6. The van der Waals surface area contributed by atoms with Crippen molar-refractivity contribution in [2.24, 2.45) is 5.10 Å². The van der Waals surface area contributed by atoms with E-state index in [9.17, 15) is 9.18 Å². The molecule has 5 rings (SSSR count). The fraction of sp³-hybridized carbons (Fsp3) is 0.423. The Morgan fingerprint density at radius 1 is 1.24 bits per heavy atom. The van der Waals surface area contributed by atoms with Crippen LogP contribution in [0.4, 0.5) is 10.2 Å². The number of halogens is 1. The number of aromatic nitrogens is 4. The SMILES string of the molecule is CNCC(=O)N1CCC(N2CC(c3cnc(N)c(O[C@H](C)c4cc(F)ccc4-n4nccn4)c3)C=N2)CC1. The van der Waals surface area contributed by atoms with Gasteiger partial charge in [-0.15, -0.1) is 0 Å². The molecule has 1 saturated heterocycles. The van der Waals surface area contributed by atoms with Crippen molar-refractivity contribution in [1.29, 1.82) is 0 Å². The van der Waals surface area contributed by atoms with Gasteiger partial charge >= 0.3 is 0 Å². The molecular weight excluding hydrogens is 489 g/mol. The fourth-order valence-electron chi connectivity index (χ4n) is 4.97. The quantitative estimate of drug-likeness (QED) is 0.462. The topological polar surface area (TPSA) is 127 Å². The first-order chi connectivity index (χ1) is 18.4. The molecule has 2 aliphatic heterocycles. The van der Waals surface area contributed by atoms with Gasteiger partial charge in [-0.05, 0) is 56.6 Å². The molecule has 2 aromatic heterocycles. The maximum atomic E-state index is 14.1. The Kier molecular flexibility index (Phi) is 7.50. The van der Waals surface area contributed by atoms with Crippen LogP contribution in [0.15, 0.2) is 48.0 Å². The van der Waals surface area contributed by atoms with Crippen molar-refractivity contribution in [3.05, 3.63) is 59.8 Å². The molecule has 0 radical (unpaired) electrons. The summed E-state index contributed by atoms with van der Waals surface area (Å²) in [5.74, 6) is 0.450. The van der Waals surface area contributed by atoms with Crippen LogP contribution in [-0.2, 0) is 4.79 Å². The second-order valence-corrected chi connectivity index (χ2v) is 9.57. The van der Waals surface area contributed by atoms with Crippen LogP contribution in [0, 0.1) is 5.82 Å². The lowest BCUT2D eigenvalue weighted by atomic mass is 10.00. The number of nitrogens with zero attached hydrogens (tertiary/aromatic N) is 7. The largest absolute Gasteiger partial charge is 0.482 e. The predicted octanol–water partition coefficient (Wildman–Crippen LogP) is 2.12. The Labute approximate surface area is 220 Å². The molecule has 12 heteroatoms. The lowest BCUT2D eigenvalue weighted by molar-refractivity contribution is -0.131. The number of nitrogens with one attached hydrogen (secondary N) is 1. The van der Waals surface area contributed by atoms with Crippen LogP contribution in [0.2, 0.25) is 0 Å². The lowest BCUT2D eigenvalue weighted by Crippen LogP contribution is -2.47. The van der Waals surface area contributed by atoms with E-state index in [-0.39, 0.29) is 29.5 Å². The highest BCUT2D eigenvalue weighted by atomic mass is 19.1. The normalized spacial score (nSPS) is 18.7. The van der Waals surface area contributed by atoms with Crippen LogP contribution in [-0.4, -0.2) is 81.3 Å². The van der Waals surface area contributed by atoms with E-state index in [4.69, 9.17) is 10.5 Å². The van der Waals surface area contributed by atoms with E-state index in [2.05, 4.69) is 30.6 Å². The number of pyridine rings is 1. The van der Waals surface area contributed by atoms with Gasteiger partial charge in [-0.1, -0.05) is 0 Å². The number of nitrogen functional groups attached to an aromatic ring is 1. The van der Waals surface area contributed by atoms with Gasteiger partial charge < -0.3 is 20.7 Å². The first-order valence-electron chi connectivity index (χ1n) is 12.7. The molecule has 3 N–H and O–H groups in total. The summed E-state index contributed by atoms with van der Waals surface area (Å²) in [5, 5.41) is 18.0. The highest BCUT2D eigenvalue weighted by Crippen LogP contribution is 2.33. The molecule has 0 bridgehead atoms. The molecule has 4 heterocycles. The van der Waals surface area contributed by atoms with E-state index >= 15 is 0 Å². The van der Waals surface area contributed by atoms with Gasteiger partial charge in [-0.3, -0.25) is 9.80 Å². The number of benzene rings is 1. The summed E-state index contributed by atoms with van der Waals surface area (Å²) >= 11 is 0. The summed E-state index contributed by atoms with van der Waals surface area (Å²) in [7, 11) is 1.78. The standard InChI is InChI=1S/C26H32FN9O2/c1-17(22-12-20(27)3-4-23(22)36-31-7-8-32-36)38-24-11-18(13-30-26(24)28)19-14-33-35(16-19)21-5-9-34(10-6-21)25(37)15-29-2/h3-4,7-8,11-14,17,19,21,29H,5-6,9-10,15-16H2,1-2H3,(H2,28,30)/t17-,19?/m1/s1. The van der Waals surface area contributed by atoms with Crippen molar-refractivity contribution in [3.63, 3.8) is 0 Å². The minimum atomic E-state index is -0.546. The monoisotopic (exact) mass is 521 g/mol. The van der Waals surface area contributed by atoms with Crippen LogP contribution in [0.1, 0.15) is 42.9 Å². The third-order valence-electron chi connectivity index (χ3n) is 7.04. The number of carbonyl (C=O) groups is 1. The van der Waals surface area contributed by atoms with Crippen LogP contribution in [0.3, 0.4) is 0 Å². The third-order valence-corrected chi connectivity index (χ3v) is 7.04. The highest BCUT2D eigenvalue weighted by molar-refractivity contribution is 5.78. The average Bonchev–Trinajstić information content (AvgIpc) is 3.63. The van der Waals surface area contributed by atoms with E-state index in [0.717, 1.165) is 31.5 Å². The van der Waals surface area contributed by atoms with Gasteiger partial charge in [-0.2, -0.15) is 20.1 Å². The summed E-state index contributed by atoms with van der Waals surface area (Å²) in [6.07, 6.45) is 8.00. The molecule has 1 fully saturated rings. The molecule has 1 aromatic carbocycles. The molecule has 1 amide bonds. The summed E-state index contributed by atoms with van der Waals surface area (Å²) in [6, 6.07) is 6.56. The lowest BCUT2D eigenvalue weighted by Gasteiger charge is -2.36. The molecule has 38 heavy (non-hydrogen) atoms. The molecule has 3 aromatic rings. The van der Waals surface area contributed by atoms with Crippen LogP contribution in [0.5, 0.6) is 5.75 Å². The third kappa shape index (κ3) is 5.44. The number of amides is 1. The van der Waals surface area contributed by atoms with Crippen molar-refractivity contribution < 1.29 is 13.9 Å². The Morgan fingerprint density at radius 2 is 2.00 bits per heavy atom. The van der Waals surface area contributed by atoms with Crippen LogP contribution < -0.4 is 15.8 Å². The van der Waals surface area contributed by atoms with E-state index in [0.29, 0.717) is 30.1 Å². The number of hydrogen-bond acceptors (Lipinski definition) is 9. The zero-order valence-electron chi connectivity index (χ0n) is 21.5. The molecule has 200 valence electrons. The van der Waals surface area contributed by atoms with Gasteiger partial charge in [0.2, 0.25) is 5.91 Å². The van der Waals surface area contributed by atoms with Crippen molar-refractivity contribution in [1.82, 2.24) is 35.2 Å². The van der Waals surface area contributed by atoms with Crippen molar-refractivity contribution >= 4 is 17.9 Å². The predicted molar refractivity (Wildman–Crippen MR) is 140 cm³/mol. The Bertz CT molecular complexity index is 1290. The van der Waals surface area contributed by atoms with Crippen molar-refractivity contribution in [2.75, 3.05) is 39.0 Å². The molecule has 0 saturated carbocycles. The number of hydrogen-bond donors (Lipinski definition) is 2. The molecule has 1 unspecified atom stereocenters. The molecule has 0 aliphatic carbocycles. The van der Waals surface area contributed by atoms with E-state index in [1.54, 1.807) is 31.7 Å². The first-order valence-corrected chi connectivity index (χ1v) is 12.7. The maximum Gasteiger partial charge on any atom is 0.236 e. The summed E-state index contributed by atoms with van der Waals surface area (Å²) in [5.41, 5.74) is 8.29. The van der Waals surface area contributed by atoms with E-state index in [1.807, 2.05) is 24.1 Å². The number of piperidine rings is 1. The van der Waals surface area contributed by atoms with Gasteiger partial charge in [-0.25, -0.2) is 9.37 Å². The highest BCUT2D eigenvalue weighted by Gasteiger charge is 2.30. The minimum absolute atomic E-state index is 0.0303. The Balaban J connectivity index is 1.25. The molecular formula is C26H32FN9O2. The second kappa shape index (κ2) is 11.1. The van der Waals surface area contributed by atoms with Gasteiger partial charge in [0, 0.05) is 43.5 Å². The fourth-order valence-corrected chi connectivity index (χ4v) is 4.97. The average molecular weight is 522 g/mol. The molecule has 2 aliphatic rings. The number of likely N-dealkylation sites (tertiary alicyclic amines) is 1. The van der Waals surface area contributed by atoms with Gasteiger partial charge in [0.15, 0.2) is 11.6 Å². The van der Waals surface area contributed by atoms with Gasteiger partial charge in [0.25, 0.3) is 0 Å². The number of nitrogens with two attached hydrogens (primary N) is 1. The van der Waals surface area contributed by atoms with Gasteiger partial charge in [0.1, 0.15) is 11.9 Å². The summed E-state index contributed by atoms with van der Waals surface area (Å²) in [6.45, 7) is 4.37. The summed E-state index contributed by atoms with van der Waals surface area (Å²) < 4.78 is 20.3. The zero-order valence-corrected chi connectivity index (χ0v) is 21.5. The minimum Gasteiger partial charge on any atom is -0.482 e. The number of rotatable bonds is 8.